The van der Waals surface area contributed by atoms with Crippen LogP contribution in [-0.2, 0) is 0 Å². The molecule has 2 aromatic carbocycles. The topological polar surface area (TPSA) is 27.1 Å². The van der Waals surface area contributed by atoms with Gasteiger partial charge in [-0.2, -0.15) is 0 Å². The Morgan fingerprint density at radius 1 is 0.824 bits per heavy atom. The van der Waals surface area contributed by atoms with Crippen LogP contribution in [0.2, 0.25) is 0 Å². The highest BCUT2D eigenvalue weighted by Gasteiger charge is 2.10. The van der Waals surface area contributed by atoms with E-state index < -0.39 is 0 Å². The monoisotopic (exact) mass is 224 g/mol. The molecule has 2 heteroatoms. The molecule has 2 aromatic rings. The van der Waals surface area contributed by atoms with Crippen molar-refractivity contribution in [1.82, 2.24) is 0 Å². The molecule has 0 heterocycles. The summed E-state index contributed by atoms with van der Waals surface area (Å²) < 4.78 is 0. The number of hydrogen-bond acceptors (Lipinski definition) is 1. The third-order valence-corrected chi connectivity index (χ3v) is 2.88. The summed E-state index contributed by atoms with van der Waals surface area (Å²) >= 11 is 0. The number of nitrogens with zero attached hydrogens (tertiary/aromatic N) is 1. The fraction of sp³-hybridized carbons (Fsp3) is 0.133. The van der Waals surface area contributed by atoms with Gasteiger partial charge in [-0.3, -0.25) is 5.41 Å². The molecule has 0 amide bonds. The van der Waals surface area contributed by atoms with Gasteiger partial charge >= 0.3 is 0 Å². The number of para-hydroxylation sites is 2. The van der Waals surface area contributed by atoms with Crippen LogP contribution < -0.4 is 4.90 Å². The maximum absolute atomic E-state index is 7.63. The molecule has 17 heavy (non-hydrogen) atoms. The molecule has 0 fully saturated rings. The number of nitrogens with one attached hydrogen (secondary N) is 1. The van der Waals surface area contributed by atoms with Crippen LogP contribution in [0.5, 0.6) is 0 Å². The second-order valence-electron chi connectivity index (χ2n) is 4.07. The first-order chi connectivity index (χ1) is 8.24. The predicted molar refractivity (Wildman–Crippen MR) is 73.3 cm³/mol. The third-order valence-electron chi connectivity index (χ3n) is 2.88. The zero-order valence-corrected chi connectivity index (χ0v) is 10.1. The summed E-state index contributed by atoms with van der Waals surface area (Å²) in [6.07, 6.45) is 1.37. The Kier molecular flexibility index (Phi) is 3.24. The summed E-state index contributed by atoms with van der Waals surface area (Å²) in [7, 11) is 0. The van der Waals surface area contributed by atoms with Crippen molar-refractivity contribution < 1.29 is 0 Å². The van der Waals surface area contributed by atoms with Gasteiger partial charge in [0.2, 0.25) is 0 Å². The van der Waals surface area contributed by atoms with Crippen molar-refractivity contribution in [1.29, 1.82) is 5.41 Å². The SMILES string of the molecule is Cc1ccccc1N(C=N)c1ccccc1C. The number of aryl methyl sites for hydroxylation is 2. The van der Waals surface area contributed by atoms with Crippen molar-refractivity contribution in [2.24, 2.45) is 0 Å². The maximum atomic E-state index is 7.63. The normalized spacial score (nSPS) is 10.0. The summed E-state index contributed by atoms with van der Waals surface area (Å²) in [5.41, 5.74) is 4.44. The van der Waals surface area contributed by atoms with Crippen molar-refractivity contribution >= 4 is 17.7 Å². The van der Waals surface area contributed by atoms with Gasteiger partial charge in [0, 0.05) is 11.4 Å². The Hall–Kier alpha value is -2.09. The lowest BCUT2D eigenvalue weighted by Gasteiger charge is -2.22. The Morgan fingerprint density at radius 2 is 1.24 bits per heavy atom. The number of benzene rings is 2. The van der Waals surface area contributed by atoms with Gasteiger partial charge in [0.25, 0.3) is 0 Å². The van der Waals surface area contributed by atoms with Gasteiger partial charge in [0.15, 0.2) is 0 Å². The summed E-state index contributed by atoms with van der Waals surface area (Å²) in [6, 6.07) is 16.2. The van der Waals surface area contributed by atoms with Crippen molar-refractivity contribution in [3.8, 4) is 0 Å². The van der Waals surface area contributed by atoms with Crippen LogP contribution in [0.4, 0.5) is 11.4 Å². The van der Waals surface area contributed by atoms with Crippen LogP contribution in [0.25, 0.3) is 0 Å². The van der Waals surface area contributed by atoms with E-state index in [2.05, 4.69) is 26.0 Å². The summed E-state index contributed by atoms with van der Waals surface area (Å²) in [4.78, 5) is 1.91. The molecule has 2 rings (SSSR count). The molecular formula is C15H16N2. The first-order valence-electron chi connectivity index (χ1n) is 5.65. The molecule has 0 aliphatic rings. The van der Waals surface area contributed by atoms with Gasteiger partial charge in [-0.15, -0.1) is 0 Å². The molecule has 0 atom stereocenters. The van der Waals surface area contributed by atoms with Gasteiger partial charge in [-0.05, 0) is 37.1 Å². The fourth-order valence-electron chi connectivity index (χ4n) is 1.94. The predicted octanol–water partition coefficient (Wildman–Crippen LogP) is 4.05. The largest absolute Gasteiger partial charge is 0.301 e. The van der Waals surface area contributed by atoms with Crippen molar-refractivity contribution in [3.05, 3.63) is 59.7 Å². The minimum Gasteiger partial charge on any atom is -0.301 e. The van der Waals surface area contributed by atoms with Crippen LogP contribution in [-0.4, -0.2) is 6.34 Å². The molecular weight excluding hydrogens is 208 g/mol. The fourth-order valence-corrected chi connectivity index (χ4v) is 1.94. The maximum Gasteiger partial charge on any atom is 0.0908 e. The molecule has 86 valence electrons. The van der Waals surface area contributed by atoms with E-state index in [9.17, 15) is 0 Å². The minimum absolute atomic E-state index is 1.05. The highest BCUT2D eigenvalue weighted by Crippen LogP contribution is 2.28. The van der Waals surface area contributed by atoms with Gasteiger partial charge in [-0.25, -0.2) is 0 Å². The van der Waals surface area contributed by atoms with E-state index in [1.54, 1.807) is 0 Å². The smallest absolute Gasteiger partial charge is 0.0908 e. The molecule has 0 radical (unpaired) electrons. The van der Waals surface area contributed by atoms with Crippen LogP contribution in [0.3, 0.4) is 0 Å². The summed E-state index contributed by atoms with van der Waals surface area (Å²) in [6.45, 7) is 4.12. The zero-order valence-electron chi connectivity index (χ0n) is 10.1. The third kappa shape index (κ3) is 2.21. The van der Waals surface area contributed by atoms with E-state index in [1.165, 1.54) is 17.5 Å². The van der Waals surface area contributed by atoms with E-state index in [0.717, 1.165) is 11.4 Å². The molecule has 0 aliphatic carbocycles. The molecule has 2 nitrogen and oxygen atoms in total. The first kappa shape index (κ1) is 11.4. The van der Waals surface area contributed by atoms with E-state index in [4.69, 9.17) is 5.41 Å². The standard InChI is InChI=1S/C15H16N2/c1-12-7-3-5-9-14(12)17(11-16)15-10-6-4-8-13(15)2/h3-11,16H,1-2H3. The molecule has 0 aromatic heterocycles. The second-order valence-corrected chi connectivity index (χ2v) is 4.07. The summed E-state index contributed by atoms with van der Waals surface area (Å²) in [5, 5.41) is 7.63. The van der Waals surface area contributed by atoms with E-state index in [0.29, 0.717) is 0 Å². The van der Waals surface area contributed by atoms with Gasteiger partial charge < -0.3 is 4.90 Å². The van der Waals surface area contributed by atoms with E-state index in [-0.39, 0.29) is 0 Å². The Balaban J connectivity index is 2.52. The van der Waals surface area contributed by atoms with Crippen molar-refractivity contribution in [3.63, 3.8) is 0 Å². The van der Waals surface area contributed by atoms with Gasteiger partial charge in [0.05, 0.1) is 6.34 Å². The molecule has 0 saturated carbocycles. The lowest BCUT2D eigenvalue weighted by molar-refractivity contribution is 1.27. The molecule has 0 saturated heterocycles. The van der Waals surface area contributed by atoms with Gasteiger partial charge in [-0.1, -0.05) is 36.4 Å². The van der Waals surface area contributed by atoms with Crippen LogP contribution in [0.1, 0.15) is 11.1 Å². The Morgan fingerprint density at radius 3 is 1.59 bits per heavy atom. The van der Waals surface area contributed by atoms with Gasteiger partial charge in [0.1, 0.15) is 0 Å². The summed E-state index contributed by atoms with van der Waals surface area (Å²) in [5.74, 6) is 0. The van der Waals surface area contributed by atoms with E-state index in [1.807, 2.05) is 41.3 Å². The number of anilines is 2. The zero-order chi connectivity index (χ0) is 12.3. The molecule has 0 unspecified atom stereocenters. The van der Waals surface area contributed by atoms with Crippen molar-refractivity contribution in [2.45, 2.75) is 13.8 Å². The quantitative estimate of drug-likeness (QED) is 0.618. The lowest BCUT2D eigenvalue weighted by atomic mass is 10.1. The molecule has 0 spiro atoms. The number of hydrogen-bond donors (Lipinski definition) is 1. The lowest BCUT2D eigenvalue weighted by Crippen LogP contribution is -2.15. The first-order valence-corrected chi connectivity index (χ1v) is 5.65. The van der Waals surface area contributed by atoms with Crippen LogP contribution >= 0.6 is 0 Å². The van der Waals surface area contributed by atoms with Crippen LogP contribution in [0.15, 0.2) is 48.5 Å². The highest BCUT2D eigenvalue weighted by atomic mass is 15.1. The molecule has 0 aliphatic heterocycles. The average Bonchev–Trinajstić information content (AvgIpc) is 2.34. The molecule has 1 N–H and O–H groups in total. The minimum atomic E-state index is 1.05. The molecule has 0 bridgehead atoms. The van der Waals surface area contributed by atoms with Crippen LogP contribution in [0, 0.1) is 19.3 Å². The average molecular weight is 224 g/mol. The van der Waals surface area contributed by atoms with Crippen molar-refractivity contribution in [2.75, 3.05) is 4.90 Å². The van der Waals surface area contributed by atoms with E-state index >= 15 is 0 Å². The Labute approximate surface area is 102 Å². The highest BCUT2D eigenvalue weighted by molar-refractivity contribution is 5.89. The number of rotatable bonds is 3. The Bertz CT molecular complexity index is 486. The second kappa shape index (κ2) is 4.83.